The Balaban J connectivity index is 3.16. The molecule has 0 rings (SSSR count). The Morgan fingerprint density at radius 3 is 1.91 bits per heavy atom. The van der Waals surface area contributed by atoms with Gasteiger partial charge in [-0.25, -0.2) is 4.79 Å². The van der Waals surface area contributed by atoms with E-state index in [0.29, 0.717) is 26.4 Å². The molecule has 5 nitrogen and oxygen atoms in total. The number of carbonyl (C=O) groups excluding carboxylic acids is 1. The summed E-state index contributed by atoms with van der Waals surface area (Å²) in [6.45, 7) is 10.5. The minimum atomic E-state index is -0.467. The fourth-order valence-electron chi connectivity index (χ4n) is 1.77. The van der Waals surface area contributed by atoms with Gasteiger partial charge in [0.25, 0.3) is 0 Å². The molecule has 0 aromatic heterocycles. The van der Waals surface area contributed by atoms with Crippen molar-refractivity contribution in [2.45, 2.75) is 65.4 Å². The Labute approximate surface area is 135 Å². The number of rotatable bonds is 14. The zero-order valence-electron chi connectivity index (χ0n) is 14.8. The standard InChI is InChI=1S/C17H34O5/c1-5-6-7-8-9-10-19-11-12-20-13-14-21-15-16(18)22-17(2,3)4/h5-15H2,1-4H3. The molecule has 22 heavy (non-hydrogen) atoms. The van der Waals surface area contributed by atoms with Gasteiger partial charge in [0, 0.05) is 6.61 Å². The monoisotopic (exact) mass is 318 g/mol. The maximum Gasteiger partial charge on any atom is 0.332 e. The summed E-state index contributed by atoms with van der Waals surface area (Å²) in [6, 6.07) is 0. The lowest BCUT2D eigenvalue weighted by Crippen LogP contribution is -2.27. The van der Waals surface area contributed by atoms with E-state index in [-0.39, 0.29) is 12.6 Å². The van der Waals surface area contributed by atoms with Gasteiger partial charge in [-0.1, -0.05) is 32.6 Å². The van der Waals surface area contributed by atoms with E-state index in [2.05, 4.69) is 6.92 Å². The highest BCUT2D eigenvalue weighted by Crippen LogP contribution is 2.06. The molecular formula is C17H34O5. The summed E-state index contributed by atoms with van der Waals surface area (Å²) in [5, 5.41) is 0. The van der Waals surface area contributed by atoms with Crippen LogP contribution >= 0.6 is 0 Å². The molecule has 0 spiro atoms. The fraction of sp³-hybridized carbons (Fsp3) is 0.941. The van der Waals surface area contributed by atoms with Crippen molar-refractivity contribution in [2.24, 2.45) is 0 Å². The van der Waals surface area contributed by atoms with E-state index in [4.69, 9.17) is 18.9 Å². The van der Waals surface area contributed by atoms with E-state index in [1.54, 1.807) is 0 Å². The highest BCUT2D eigenvalue weighted by atomic mass is 16.6. The number of ether oxygens (including phenoxy) is 4. The van der Waals surface area contributed by atoms with Crippen LogP contribution in [0.1, 0.15) is 59.8 Å². The summed E-state index contributed by atoms with van der Waals surface area (Å²) in [6.07, 6.45) is 6.24. The predicted octanol–water partition coefficient (Wildman–Crippen LogP) is 3.35. The second-order valence-corrected chi connectivity index (χ2v) is 6.28. The highest BCUT2D eigenvalue weighted by molar-refractivity contribution is 5.71. The second kappa shape index (κ2) is 14.0. The quantitative estimate of drug-likeness (QED) is 0.363. The molecule has 132 valence electrons. The second-order valence-electron chi connectivity index (χ2n) is 6.28. The summed E-state index contributed by atoms with van der Waals surface area (Å²) in [7, 11) is 0. The lowest BCUT2D eigenvalue weighted by Gasteiger charge is -2.19. The van der Waals surface area contributed by atoms with Crippen LogP contribution in [0.3, 0.4) is 0 Å². The molecule has 0 saturated carbocycles. The summed E-state index contributed by atoms with van der Waals surface area (Å²) in [4.78, 5) is 11.4. The summed E-state index contributed by atoms with van der Waals surface area (Å²) >= 11 is 0. The van der Waals surface area contributed by atoms with Crippen molar-refractivity contribution in [2.75, 3.05) is 39.6 Å². The molecule has 0 heterocycles. The molecule has 0 aromatic carbocycles. The Bertz CT molecular complexity index is 260. The first-order valence-corrected chi connectivity index (χ1v) is 8.41. The van der Waals surface area contributed by atoms with Crippen molar-refractivity contribution >= 4 is 5.97 Å². The average Bonchev–Trinajstić information content (AvgIpc) is 2.42. The minimum absolute atomic E-state index is 0.0328. The number of hydrogen-bond donors (Lipinski definition) is 0. The molecule has 0 aliphatic carbocycles. The topological polar surface area (TPSA) is 54.0 Å². The maximum absolute atomic E-state index is 11.4. The van der Waals surface area contributed by atoms with E-state index >= 15 is 0 Å². The zero-order valence-corrected chi connectivity index (χ0v) is 14.8. The summed E-state index contributed by atoms with van der Waals surface area (Å²) < 4.78 is 21.1. The van der Waals surface area contributed by atoms with Crippen molar-refractivity contribution in [1.82, 2.24) is 0 Å². The van der Waals surface area contributed by atoms with Gasteiger partial charge in [0.15, 0.2) is 0 Å². The summed E-state index contributed by atoms with van der Waals surface area (Å²) in [5.41, 5.74) is -0.467. The van der Waals surface area contributed by atoms with Crippen LogP contribution in [0.5, 0.6) is 0 Å². The van der Waals surface area contributed by atoms with Crippen LogP contribution in [0.2, 0.25) is 0 Å². The first kappa shape index (κ1) is 21.4. The van der Waals surface area contributed by atoms with Gasteiger partial charge in [0.2, 0.25) is 0 Å². The molecule has 0 saturated heterocycles. The lowest BCUT2D eigenvalue weighted by molar-refractivity contribution is -0.160. The molecule has 0 fully saturated rings. The van der Waals surface area contributed by atoms with Gasteiger partial charge >= 0.3 is 5.97 Å². The van der Waals surface area contributed by atoms with Crippen LogP contribution in [0.15, 0.2) is 0 Å². The SMILES string of the molecule is CCCCCCCOCCOCCOCC(=O)OC(C)(C)C. The molecule has 0 N–H and O–H groups in total. The molecule has 0 radical (unpaired) electrons. The molecule has 5 heteroatoms. The van der Waals surface area contributed by atoms with Crippen molar-refractivity contribution in [3.05, 3.63) is 0 Å². The first-order chi connectivity index (χ1) is 10.5. The van der Waals surface area contributed by atoms with Crippen LogP contribution in [0, 0.1) is 0 Å². The van der Waals surface area contributed by atoms with E-state index < -0.39 is 5.60 Å². The summed E-state index contributed by atoms with van der Waals surface area (Å²) in [5.74, 6) is -0.348. The average molecular weight is 318 g/mol. The molecule has 0 bridgehead atoms. The molecular weight excluding hydrogens is 284 g/mol. The maximum atomic E-state index is 11.4. The lowest BCUT2D eigenvalue weighted by atomic mass is 10.2. The highest BCUT2D eigenvalue weighted by Gasteiger charge is 2.15. The van der Waals surface area contributed by atoms with Crippen molar-refractivity contribution < 1.29 is 23.7 Å². The van der Waals surface area contributed by atoms with Crippen LogP contribution in [0.4, 0.5) is 0 Å². The van der Waals surface area contributed by atoms with E-state index in [9.17, 15) is 4.79 Å². The third-order valence-electron chi connectivity index (χ3n) is 2.78. The fourth-order valence-corrected chi connectivity index (χ4v) is 1.77. The van der Waals surface area contributed by atoms with Crippen molar-refractivity contribution in [3.8, 4) is 0 Å². The predicted molar refractivity (Wildman–Crippen MR) is 87.1 cm³/mol. The van der Waals surface area contributed by atoms with Crippen LogP contribution < -0.4 is 0 Å². The molecule has 0 aromatic rings. The van der Waals surface area contributed by atoms with E-state index in [1.807, 2.05) is 20.8 Å². The molecule has 0 amide bonds. The Morgan fingerprint density at radius 2 is 1.32 bits per heavy atom. The molecule has 0 atom stereocenters. The number of esters is 1. The smallest absolute Gasteiger partial charge is 0.332 e. The van der Waals surface area contributed by atoms with Crippen LogP contribution in [-0.4, -0.2) is 51.2 Å². The Kier molecular flexibility index (Phi) is 13.6. The number of hydrogen-bond acceptors (Lipinski definition) is 5. The zero-order chi connectivity index (χ0) is 16.7. The molecule has 0 unspecified atom stereocenters. The Hall–Kier alpha value is -0.650. The number of unbranched alkanes of at least 4 members (excludes halogenated alkanes) is 4. The van der Waals surface area contributed by atoms with Crippen LogP contribution in [-0.2, 0) is 23.7 Å². The third kappa shape index (κ3) is 17.4. The van der Waals surface area contributed by atoms with Gasteiger partial charge in [0.05, 0.1) is 26.4 Å². The van der Waals surface area contributed by atoms with Gasteiger partial charge in [-0.05, 0) is 27.2 Å². The largest absolute Gasteiger partial charge is 0.458 e. The number of carbonyl (C=O) groups is 1. The van der Waals surface area contributed by atoms with Crippen molar-refractivity contribution in [1.29, 1.82) is 0 Å². The van der Waals surface area contributed by atoms with Gasteiger partial charge in [-0.2, -0.15) is 0 Å². The third-order valence-corrected chi connectivity index (χ3v) is 2.78. The van der Waals surface area contributed by atoms with Gasteiger partial charge < -0.3 is 18.9 Å². The normalized spacial score (nSPS) is 11.6. The van der Waals surface area contributed by atoms with Crippen LogP contribution in [0.25, 0.3) is 0 Å². The van der Waals surface area contributed by atoms with Gasteiger partial charge in [0.1, 0.15) is 12.2 Å². The minimum Gasteiger partial charge on any atom is -0.458 e. The Morgan fingerprint density at radius 1 is 0.773 bits per heavy atom. The van der Waals surface area contributed by atoms with E-state index in [0.717, 1.165) is 13.0 Å². The van der Waals surface area contributed by atoms with Gasteiger partial charge in [-0.15, -0.1) is 0 Å². The van der Waals surface area contributed by atoms with E-state index in [1.165, 1.54) is 25.7 Å². The van der Waals surface area contributed by atoms with Crippen molar-refractivity contribution in [3.63, 3.8) is 0 Å². The molecule has 0 aliphatic heterocycles. The van der Waals surface area contributed by atoms with Gasteiger partial charge in [-0.3, -0.25) is 0 Å². The first-order valence-electron chi connectivity index (χ1n) is 8.41. The molecule has 0 aliphatic rings.